The summed E-state index contributed by atoms with van der Waals surface area (Å²) >= 11 is 0. The average Bonchev–Trinajstić information content (AvgIpc) is 2.56. The summed E-state index contributed by atoms with van der Waals surface area (Å²) in [6.45, 7) is 1.75. The summed E-state index contributed by atoms with van der Waals surface area (Å²) in [5.74, 6) is 0.00795. The van der Waals surface area contributed by atoms with Crippen LogP contribution < -0.4 is 16.6 Å². The van der Waals surface area contributed by atoms with Crippen molar-refractivity contribution in [2.45, 2.75) is 6.92 Å². The van der Waals surface area contributed by atoms with Crippen molar-refractivity contribution in [3.8, 4) is 0 Å². The summed E-state index contributed by atoms with van der Waals surface area (Å²) in [5.41, 5.74) is 6.77. The third-order valence-corrected chi connectivity index (χ3v) is 2.54. The van der Waals surface area contributed by atoms with Crippen molar-refractivity contribution < 1.29 is 4.79 Å². The van der Waals surface area contributed by atoms with Gasteiger partial charge in [-0.1, -0.05) is 0 Å². The second-order valence-electron chi connectivity index (χ2n) is 3.87. The zero-order chi connectivity index (χ0) is 13.3. The average molecular weight is 247 g/mol. The number of nitrogens with two attached hydrogens (primary N) is 1. The molecule has 1 amide bonds. The minimum Gasteiger partial charge on any atom is -0.394 e. The fourth-order valence-electron chi connectivity index (χ4n) is 1.59. The van der Waals surface area contributed by atoms with Crippen molar-refractivity contribution in [1.82, 2.24) is 14.8 Å². The molecular weight excluding hydrogens is 234 g/mol. The molecule has 7 nitrogen and oxygen atoms in total. The van der Waals surface area contributed by atoms with E-state index < -0.39 is 5.91 Å². The number of carbonyl (C=O) groups is 1. The van der Waals surface area contributed by atoms with Crippen molar-refractivity contribution in [3.63, 3.8) is 0 Å². The van der Waals surface area contributed by atoms with Crippen LogP contribution in [0.3, 0.4) is 0 Å². The van der Waals surface area contributed by atoms with Crippen molar-refractivity contribution in [2.24, 2.45) is 7.05 Å². The number of H-pyrrole nitrogens is 1. The quantitative estimate of drug-likeness (QED) is 0.707. The van der Waals surface area contributed by atoms with Gasteiger partial charge in [0.25, 0.3) is 5.91 Å². The maximum Gasteiger partial charge on any atom is 0.257 e. The smallest absolute Gasteiger partial charge is 0.257 e. The number of nitrogen functional groups attached to an aromatic ring is 1. The highest BCUT2D eigenvalue weighted by molar-refractivity contribution is 6.05. The molecule has 0 radical (unpaired) electrons. The van der Waals surface area contributed by atoms with Crippen LogP contribution in [0.15, 0.2) is 23.1 Å². The van der Waals surface area contributed by atoms with Gasteiger partial charge in [-0.25, -0.2) is 0 Å². The molecule has 2 rings (SSSR count). The summed E-state index contributed by atoms with van der Waals surface area (Å²) in [7, 11) is 1.68. The van der Waals surface area contributed by atoms with Gasteiger partial charge < -0.3 is 16.0 Å². The predicted octanol–water partition coefficient (Wildman–Crippen LogP) is 0.251. The van der Waals surface area contributed by atoms with E-state index in [9.17, 15) is 9.59 Å². The number of pyridine rings is 1. The number of amides is 1. The SMILES string of the molecule is Cc1nn(C)c(NC(=O)c2cc[nH]c(=O)c2)c1N. The van der Waals surface area contributed by atoms with E-state index in [1.54, 1.807) is 14.0 Å². The van der Waals surface area contributed by atoms with Gasteiger partial charge in [0.1, 0.15) is 0 Å². The molecule has 2 aromatic rings. The number of nitrogens with zero attached hydrogens (tertiary/aromatic N) is 2. The summed E-state index contributed by atoms with van der Waals surface area (Å²) in [6, 6.07) is 2.73. The maximum atomic E-state index is 11.9. The van der Waals surface area contributed by atoms with Crippen LogP contribution >= 0.6 is 0 Å². The number of hydrogen-bond acceptors (Lipinski definition) is 4. The van der Waals surface area contributed by atoms with Gasteiger partial charge in [-0.05, 0) is 13.0 Å². The second kappa shape index (κ2) is 4.36. The van der Waals surface area contributed by atoms with E-state index in [1.807, 2.05) is 0 Å². The Hall–Kier alpha value is -2.57. The molecule has 0 unspecified atom stereocenters. The Labute approximate surface area is 103 Å². The lowest BCUT2D eigenvalue weighted by Crippen LogP contribution is -2.18. The first-order valence-electron chi connectivity index (χ1n) is 5.28. The number of hydrogen-bond donors (Lipinski definition) is 3. The highest BCUT2D eigenvalue weighted by atomic mass is 16.2. The van der Waals surface area contributed by atoms with Gasteiger partial charge in [0.05, 0.1) is 11.4 Å². The van der Waals surface area contributed by atoms with Gasteiger partial charge in [0, 0.05) is 24.9 Å². The molecule has 0 aliphatic rings. The molecule has 0 aliphatic carbocycles. The fraction of sp³-hybridized carbons (Fsp3) is 0.182. The Morgan fingerprint density at radius 3 is 2.83 bits per heavy atom. The number of nitrogens with one attached hydrogen (secondary N) is 2. The third-order valence-electron chi connectivity index (χ3n) is 2.54. The first-order chi connectivity index (χ1) is 8.49. The molecule has 18 heavy (non-hydrogen) atoms. The lowest BCUT2D eigenvalue weighted by molar-refractivity contribution is 0.102. The highest BCUT2D eigenvalue weighted by Gasteiger charge is 2.14. The van der Waals surface area contributed by atoms with Gasteiger partial charge >= 0.3 is 0 Å². The van der Waals surface area contributed by atoms with Crippen LogP contribution in [0.25, 0.3) is 0 Å². The monoisotopic (exact) mass is 247 g/mol. The molecule has 4 N–H and O–H groups in total. The van der Waals surface area contributed by atoms with Crippen molar-refractivity contribution in [1.29, 1.82) is 0 Å². The molecule has 0 aliphatic heterocycles. The van der Waals surface area contributed by atoms with Gasteiger partial charge in [-0.3, -0.25) is 14.3 Å². The molecule has 0 fully saturated rings. The van der Waals surface area contributed by atoms with Gasteiger partial charge in [-0.2, -0.15) is 5.10 Å². The first kappa shape index (κ1) is 11.9. The van der Waals surface area contributed by atoms with E-state index >= 15 is 0 Å². The standard InChI is InChI=1S/C11H13N5O2/c1-6-9(12)10(16(2)15-6)14-11(18)7-3-4-13-8(17)5-7/h3-5H,12H2,1-2H3,(H,13,17)(H,14,18). The Kier molecular flexibility index (Phi) is 2.88. The van der Waals surface area contributed by atoms with E-state index in [4.69, 9.17) is 5.73 Å². The lowest BCUT2D eigenvalue weighted by Gasteiger charge is -2.06. The minimum atomic E-state index is -0.407. The van der Waals surface area contributed by atoms with Crippen LogP contribution in [0, 0.1) is 6.92 Å². The fourth-order valence-corrected chi connectivity index (χ4v) is 1.59. The van der Waals surface area contributed by atoms with E-state index in [0.29, 0.717) is 17.2 Å². The van der Waals surface area contributed by atoms with Crippen LogP contribution in [-0.2, 0) is 7.05 Å². The molecule has 0 bridgehead atoms. The maximum absolute atomic E-state index is 11.9. The first-order valence-corrected chi connectivity index (χ1v) is 5.28. The molecule has 2 heterocycles. The Bertz CT molecular complexity index is 656. The number of aryl methyl sites for hydroxylation is 2. The van der Waals surface area contributed by atoms with Crippen LogP contribution in [0.4, 0.5) is 11.5 Å². The lowest BCUT2D eigenvalue weighted by atomic mass is 10.2. The van der Waals surface area contributed by atoms with E-state index in [2.05, 4.69) is 15.4 Å². The Balaban J connectivity index is 2.29. The van der Waals surface area contributed by atoms with Gasteiger partial charge in [0.15, 0.2) is 5.82 Å². The van der Waals surface area contributed by atoms with E-state index in [0.717, 1.165) is 0 Å². The number of carbonyl (C=O) groups excluding carboxylic acids is 1. The van der Waals surface area contributed by atoms with Gasteiger partial charge in [0.2, 0.25) is 5.56 Å². The molecule has 94 valence electrons. The summed E-state index contributed by atoms with van der Waals surface area (Å²) in [5, 5.41) is 6.71. The molecule has 0 aromatic carbocycles. The molecule has 0 spiro atoms. The van der Waals surface area contributed by atoms with Crippen LogP contribution in [-0.4, -0.2) is 20.7 Å². The van der Waals surface area contributed by atoms with Crippen molar-refractivity contribution in [2.75, 3.05) is 11.1 Å². The summed E-state index contributed by atoms with van der Waals surface area (Å²) in [6.07, 6.45) is 1.41. The zero-order valence-electron chi connectivity index (χ0n) is 10.0. The Morgan fingerprint density at radius 1 is 1.56 bits per heavy atom. The number of aromatic amines is 1. The normalized spacial score (nSPS) is 10.3. The Morgan fingerprint density at radius 2 is 2.28 bits per heavy atom. The largest absolute Gasteiger partial charge is 0.394 e. The highest BCUT2D eigenvalue weighted by Crippen LogP contribution is 2.21. The molecule has 0 saturated carbocycles. The third kappa shape index (κ3) is 2.10. The summed E-state index contributed by atoms with van der Waals surface area (Å²) in [4.78, 5) is 25.5. The van der Waals surface area contributed by atoms with Crippen LogP contribution in [0.5, 0.6) is 0 Å². The molecule has 2 aromatic heterocycles. The number of aromatic nitrogens is 3. The van der Waals surface area contributed by atoms with Gasteiger partial charge in [-0.15, -0.1) is 0 Å². The zero-order valence-corrected chi connectivity index (χ0v) is 10.0. The van der Waals surface area contributed by atoms with Crippen LogP contribution in [0.1, 0.15) is 16.1 Å². The van der Waals surface area contributed by atoms with Crippen LogP contribution in [0.2, 0.25) is 0 Å². The van der Waals surface area contributed by atoms with Crippen molar-refractivity contribution in [3.05, 3.63) is 39.9 Å². The summed E-state index contributed by atoms with van der Waals surface area (Å²) < 4.78 is 1.48. The number of anilines is 2. The second-order valence-corrected chi connectivity index (χ2v) is 3.87. The molecule has 0 saturated heterocycles. The van der Waals surface area contributed by atoms with E-state index in [1.165, 1.54) is 23.0 Å². The van der Waals surface area contributed by atoms with E-state index in [-0.39, 0.29) is 11.1 Å². The van der Waals surface area contributed by atoms with Crippen molar-refractivity contribution >= 4 is 17.4 Å². The molecule has 7 heteroatoms. The predicted molar refractivity (Wildman–Crippen MR) is 67.4 cm³/mol. The topological polar surface area (TPSA) is 106 Å². The minimum absolute atomic E-state index is 0.261. The molecule has 0 atom stereocenters. The molecular formula is C11H13N5O2. The number of rotatable bonds is 2.